The molecule has 15 heavy (non-hydrogen) atoms. The molecule has 0 aliphatic heterocycles. The number of hydrogen-bond donors (Lipinski definition) is 0. The molecule has 0 spiro atoms. The van der Waals surface area contributed by atoms with Gasteiger partial charge in [-0.05, 0) is 32.9 Å². The Morgan fingerprint density at radius 1 is 1.33 bits per heavy atom. The maximum absolute atomic E-state index is 4.35. The molecule has 0 saturated heterocycles. The number of nitrogens with zero attached hydrogens (tertiary/aromatic N) is 3. The van der Waals surface area contributed by atoms with Crippen LogP contribution in [0.4, 0.5) is 5.95 Å². The number of rotatable bonds is 3. The lowest BCUT2D eigenvalue weighted by Gasteiger charge is -2.12. The molecule has 0 aliphatic rings. The second kappa shape index (κ2) is 4.73. The molecule has 1 rings (SSSR count). The van der Waals surface area contributed by atoms with Gasteiger partial charge >= 0.3 is 0 Å². The second-order valence-electron chi connectivity index (χ2n) is 3.72. The minimum atomic E-state index is 0.713. The van der Waals surface area contributed by atoms with Crippen molar-refractivity contribution in [2.45, 2.75) is 20.8 Å². The molecule has 3 heteroatoms. The Balaban J connectivity index is 2.91. The summed E-state index contributed by atoms with van der Waals surface area (Å²) in [6, 6.07) is 1.96. The molecule has 1 heterocycles. The normalized spacial score (nSPS) is 10.7. The fourth-order valence-electron chi connectivity index (χ4n) is 1.17. The monoisotopic (exact) mass is 203 g/mol. The van der Waals surface area contributed by atoms with Crippen LogP contribution in [0.3, 0.4) is 0 Å². The molecule has 0 atom stereocenters. The summed E-state index contributed by atoms with van der Waals surface area (Å²) in [5.41, 5.74) is 2.97. The Kier molecular flexibility index (Phi) is 3.61. The first-order chi connectivity index (χ1) is 6.99. The van der Waals surface area contributed by atoms with E-state index in [-0.39, 0.29) is 0 Å². The lowest BCUT2D eigenvalue weighted by atomic mass is 10.3. The van der Waals surface area contributed by atoms with Crippen LogP contribution < -0.4 is 4.90 Å². The highest BCUT2D eigenvalue weighted by Gasteiger charge is 2.02. The summed E-state index contributed by atoms with van der Waals surface area (Å²) in [6.07, 6.45) is 3.84. The molecule has 0 aromatic carbocycles. The molecule has 0 bridgehead atoms. The van der Waals surface area contributed by atoms with Crippen LogP contribution >= 0.6 is 0 Å². The van der Waals surface area contributed by atoms with Crippen LogP contribution in [-0.4, -0.2) is 17.0 Å². The van der Waals surface area contributed by atoms with E-state index in [9.17, 15) is 0 Å². The van der Waals surface area contributed by atoms with Crippen molar-refractivity contribution in [3.05, 3.63) is 41.9 Å². The number of allylic oxidation sites excluding steroid dienone is 2. The summed E-state index contributed by atoms with van der Waals surface area (Å²) in [6.45, 7) is 9.69. The highest BCUT2D eigenvalue weighted by molar-refractivity contribution is 5.36. The van der Waals surface area contributed by atoms with Gasteiger partial charge in [-0.2, -0.15) is 0 Å². The number of anilines is 1. The van der Waals surface area contributed by atoms with Crippen molar-refractivity contribution in [2.24, 2.45) is 0 Å². The fourth-order valence-corrected chi connectivity index (χ4v) is 1.17. The second-order valence-corrected chi connectivity index (χ2v) is 3.72. The smallest absolute Gasteiger partial charge is 0.229 e. The molecule has 0 amide bonds. The Labute approximate surface area is 91.2 Å². The van der Waals surface area contributed by atoms with E-state index in [1.165, 1.54) is 0 Å². The Morgan fingerprint density at radius 3 is 2.33 bits per heavy atom. The van der Waals surface area contributed by atoms with E-state index in [0.717, 1.165) is 17.0 Å². The zero-order valence-electron chi connectivity index (χ0n) is 9.78. The topological polar surface area (TPSA) is 29.0 Å². The third kappa shape index (κ3) is 3.54. The largest absolute Gasteiger partial charge is 0.320 e. The van der Waals surface area contributed by atoms with Gasteiger partial charge in [0, 0.05) is 24.6 Å². The summed E-state index contributed by atoms with van der Waals surface area (Å²) in [7, 11) is 1.92. The van der Waals surface area contributed by atoms with Gasteiger partial charge in [0.05, 0.1) is 0 Å². The van der Waals surface area contributed by atoms with E-state index in [1.807, 2.05) is 51.1 Å². The van der Waals surface area contributed by atoms with Gasteiger partial charge in [0.25, 0.3) is 0 Å². The van der Waals surface area contributed by atoms with Gasteiger partial charge in [0.15, 0.2) is 0 Å². The van der Waals surface area contributed by atoms with Crippen LogP contribution in [0.1, 0.15) is 18.3 Å². The van der Waals surface area contributed by atoms with E-state index in [1.54, 1.807) is 0 Å². The molecule has 0 saturated carbocycles. The molecule has 0 unspecified atom stereocenters. The van der Waals surface area contributed by atoms with Crippen molar-refractivity contribution in [2.75, 3.05) is 11.9 Å². The maximum Gasteiger partial charge on any atom is 0.229 e. The quantitative estimate of drug-likeness (QED) is 0.707. The third-order valence-electron chi connectivity index (χ3n) is 1.87. The number of hydrogen-bond acceptors (Lipinski definition) is 3. The lowest BCUT2D eigenvalue weighted by molar-refractivity contribution is 0.982. The van der Waals surface area contributed by atoms with Crippen LogP contribution in [0.15, 0.2) is 30.5 Å². The molecule has 80 valence electrons. The number of aryl methyl sites for hydroxylation is 2. The van der Waals surface area contributed by atoms with Crippen molar-refractivity contribution >= 4 is 5.95 Å². The summed E-state index contributed by atoms with van der Waals surface area (Å²) < 4.78 is 0. The zero-order chi connectivity index (χ0) is 11.4. The van der Waals surface area contributed by atoms with Gasteiger partial charge in [-0.15, -0.1) is 0 Å². The van der Waals surface area contributed by atoms with Crippen LogP contribution in [-0.2, 0) is 0 Å². The molecule has 1 aromatic heterocycles. The highest BCUT2D eigenvalue weighted by Crippen LogP contribution is 2.08. The molecule has 0 radical (unpaired) electrons. The molecule has 0 fully saturated rings. The highest BCUT2D eigenvalue weighted by atomic mass is 15.2. The number of aromatic nitrogens is 2. The Morgan fingerprint density at radius 2 is 1.87 bits per heavy atom. The molecule has 3 nitrogen and oxygen atoms in total. The van der Waals surface area contributed by atoms with Crippen molar-refractivity contribution < 1.29 is 0 Å². The first-order valence-corrected chi connectivity index (χ1v) is 4.88. The van der Waals surface area contributed by atoms with Crippen LogP contribution in [0.25, 0.3) is 0 Å². The van der Waals surface area contributed by atoms with E-state index in [0.29, 0.717) is 5.95 Å². The van der Waals surface area contributed by atoms with Crippen molar-refractivity contribution in [3.8, 4) is 0 Å². The standard InChI is InChI=1S/C12H17N3/c1-9(2)6-7-15(5)12-13-10(3)8-11(4)14-12/h6-8H,1H2,2-5H3/b7-6-. The average Bonchev–Trinajstić information content (AvgIpc) is 2.12. The maximum atomic E-state index is 4.35. The van der Waals surface area contributed by atoms with Crippen molar-refractivity contribution in [1.29, 1.82) is 0 Å². The summed E-state index contributed by atoms with van der Waals surface area (Å²) in [5, 5.41) is 0. The zero-order valence-corrected chi connectivity index (χ0v) is 9.78. The minimum Gasteiger partial charge on any atom is -0.320 e. The van der Waals surface area contributed by atoms with Gasteiger partial charge in [0.2, 0.25) is 5.95 Å². The van der Waals surface area contributed by atoms with Crippen molar-refractivity contribution in [3.63, 3.8) is 0 Å². The van der Waals surface area contributed by atoms with Crippen LogP contribution in [0.2, 0.25) is 0 Å². The minimum absolute atomic E-state index is 0.713. The predicted molar refractivity (Wildman–Crippen MR) is 63.9 cm³/mol. The van der Waals surface area contributed by atoms with Gasteiger partial charge in [-0.3, -0.25) is 0 Å². The van der Waals surface area contributed by atoms with Crippen LogP contribution in [0, 0.1) is 13.8 Å². The first kappa shape index (κ1) is 11.4. The van der Waals surface area contributed by atoms with Gasteiger partial charge < -0.3 is 4.90 Å². The molecular weight excluding hydrogens is 186 g/mol. The molecule has 0 aliphatic carbocycles. The molecule has 1 aromatic rings. The Hall–Kier alpha value is -1.64. The predicted octanol–water partition coefficient (Wildman–Crippen LogP) is 2.62. The SMILES string of the molecule is C=C(C)/C=C\N(C)c1nc(C)cc(C)n1. The van der Waals surface area contributed by atoms with E-state index in [4.69, 9.17) is 0 Å². The van der Waals surface area contributed by atoms with E-state index < -0.39 is 0 Å². The summed E-state index contributed by atoms with van der Waals surface area (Å²) in [5.74, 6) is 0.713. The van der Waals surface area contributed by atoms with Gasteiger partial charge in [-0.25, -0.2) is 9.97 Å². The first-order valence-electron chi connectivity index (χ1n) is 4.88. The van der Waals surface area contributed by atoms with E-state index >= 15 is 0 Å². The van der Waals surface area contributed by atoms with Crippen molar-refractivity contribution in [1.82, 2.24) is 9.97 Å². The Bertz CT molecular complexity index is 374. The fraction of sp³-hybridized carbons (Fsp3) is 0.333. The summed E-state index contributed by atoms with van der Waals surface area (Å²) >= 11 is 0. The molecule has 0 N–H and O–H groups in total. The summed E-state index contributed by atoms with van der Waals surface area (Å²) in [4.78, 5) is 10.6. The van der Waals surface area contributed by atoms with E-state index in [2.05, 4.69) is 16.5 Å². The third-order valence-corrected chi connectivity index (χ3v) is 1.87. The van der Waals surface area contributed by atoms with Gasteiger partial charge in [0.1, 0.15) is 0 Å². The van der Waals surface area contributed by atoms with Gasteiger partial charge in [-0.1, -0.05) is 12.2 Å². The van der Waals surface area contributed by atoms with Crippen LogP contribution in [0.5, 0.6) is 0 Å². The lowest BCUT2D eigenvalue weighted by Crippen LogP contribution is -2.12. The molecular formula is C12H17N3. The average molecular weight is 203 g/mol.